The number of hydrogen-bond acceptors (Lipinski definition) is 3. The minimum absolute atomic E-state index is 0.0487. The van der Waals surface area contributed by atoms with Crippen LogP contribution in [0.15, 0.2) is 41.8 Å². The number of amides is 2. The lowest BCUT2D eigenvalue weighted by Gasteiger charge is -2.43. The second kappa shape index (κ2) is 8.48. The van der Waals surface area contributed by atoms with E-state index in [4.69, 9.17) is 0 Å². The molecular formula is C23H30N2O2S. The zero-order valence-electron chi connectivity index (χ0n) is 17.3. The van der Waals surface area contributed by atoms with Crippen molar-refractivity contribution in [2.24, 2.45) is 11.3 Å². The predicted octanol–water partition coefficient (Wildman–Crippen LogP) is 4.31. The molecule has 2 amide bonds. The van der Waals surface area contributed by atoms with E-state index in [1.165, 1.54) is 10.4 Å². The highest BCUT2D eigenvalue weighted by molar-refractivity contribution is 7.13. The maximum absolute atomic E-state index is 13.3. The third-order valence-corrected chi connectivity index (χ3v) is 6.44. The first-order valence-electron chi connectivity index (χ1n) is 9.96. The van der Waals surface area contributed by atoms with E-state index in [1.54, 1.807) is 16.2 Å². The van der Waals surface area contributed by atoms with Gasteiger partial charge in [0.2, 0.25) is 11.8 Å². The average molecular weight is 399 g/mol. The number of piperidine rings is 1. The summed E-state index contributed by atoms with van der Waals surface area (Å²) in [5.41, 5.74) is 1.78. The van der Waals surface area contributed by atoms with E-state index in [0.717, 1.165) is 24.9 Å². The number of rotatable bonds is 5. The Kier molecular flexibility index (Phi) is 6.23. The molecule has 2 aromatic rings. The van der Waals surface area contributed by atoms with E-state index < -0.39 is 5.41 Å². The highest BCUT2D eigenvalue weighted by Crippen LogP contribution is 2.37. The Balaban J connectivity index is 1.92. The van der Waals surface area contributed by atoms with Crippen LogP contribution >= 0.6 is 11.3 Å². The molecule has 0 N–H and O–H groups in total. The summed E-state index contributed by atoms with van der Waals surface area (Å²) in [6.45, 7) is 5.10. The fraction of sp³-hybridized carbons (Fsp3) is 0.478. The minimum atomic E-state index is -0.555. The summed E-state index contributed by atoms with van der Waals surface area (Å²) < 4.78 is 0. The normalized spacial score (nSPS) is 19.7. The highest BCUT2D eigenvalue weighted by atomic mass is 32.1. The molecule has 0 saturated carbocycles. The number of carbonyl (C=O) groups is 2. The van der Waals surface area contributed by atoms with Gasteiger partial charge in [-0.15, -0.1) is 11.3 Å². The summed E-state index contributed by atoms with van der Waals surface area (Å²) >= 11 is 1.72. The summed E-state index contributed by atoms with van der Waals surface area (Å²) in [7, 11) is 3.63. The van der Waals surface area contributed by atoms with Gasteiger partial charge >= 0.3 is 0 Å². The Hall–Kier alpha value is -2.14. The lowest BCUT2D eigenvalue weighted by molar-refractivity contribution is -0.148. The minimum Gasteiger partial charge on any atom is -0.348 e. The quantitative estimate of drug-likeness (QED) is 0.753. The summed E-state index contributed by atoms with van der Waals surface area (Å²) in [5.74, 6) is 0.214. The van der Waals surface area contributed by atoms with Gasteiger partial charge in [0.1, 0.15) is 0 Å². The molecule has 0 unspecified atom stereocenters. The molecule has 150 valence electrons. The fourth-order valence-electron chi connectivity index (χ4n) is 4.22. The molecule has 1 saturated heterocycles. The maximum Gasteiger partial charge on any atom is 0.230 e. The van der Waals surface area contributed by atoms with Crippen LogP contribution in [0, 0.1) is 11.3 Å². The monoisotopic (exact) mass is 398 g/mol. The Bertz CT molecular complexity index is 829. The molecule has 28 heavy (non-hydrogen) atoms. The molecule has 5 heteroatoms. The van der Waals surface area contributed by atoms with Gasteiger partial charge in [-0.1, -0.05) is 44.2 Å². The molecule has 3 rings (SSSR count). The van der Waals surface area contributed by atoms with E-state index in [2.05, 4.69) is 41.8 Å². The molecule has 0 aliphatic carbocycles. The van der Waals surface area contributed by atoms with Gasteiger partial charge in [-0.2, -0.15) is 0 Å². The number of nitrogens with zero attached hydrogens (tertiary/aromatic N) is 2. The van der Waals surface area contributed by atoms with Crippen LogP contribution in [0.5, 0.6) is 0 Å². The average Bonchev–Trinajstić information content (AvgIpc) is 3.22. The molecule has 1 aromatic carbocycles. The van der Waals surface area contributed by atoms with E-state index >= 15 is 0 Å². The van der Waals surface area contributed by atoms with Crippen LogP contribution in [-0.2, 0) is 16.0 Å². The zero-order chi connectivity index (χ0) is 20.3. The fourth-order valence-corrected chi connectivity index (χ4v) is 4.95. The smallest absolute Gasteiger partial charge is 0.230 e. The largest absolute Gasteiger partial charge is 0.348 e. The van der Waals surface area contributed by atoms with Crippen molar-refractivity contribution >= 4 is 23.2 Å². The van der Waals surface area contributed by atoms with Gasteiger partial charge in [0.05, 0.1) is 5.41 Å². The van der Waals surface area contributed by atoms with Crippen molar-refractivity contribution in [3.05, 3.63) is 47.3 Å². The first-order chi connectivity index (χ1) is 13.3. The van der Waals surface area contributed by atoms with Crippen LogP contribution in [-0.4, -0.2) is 48.8 Å². The number of likely N-dealkylation sites (tertiary alicyclic amines) is 1. The van der Waals surface area contributed by atoms with E-state index in [9.17, 15) is 9.59 Å². The third kappa shape index (κ3) is 4.30. The van der Waals surface area contributed by atoms with Gasteiger partial charge in [0.15, 0.2) is 0 Å². The number of thiophene rings is 1. The zero-order valence-corrected chi connectivity index (χ0v) is 18.1. The molecule has 1 aromatic heterocycles. The summed E-state index contributed by atoms with van der Waals surface area (Å²) in [4.78, 5) is 30.7. The number of carbonyl (C=O) groups excluding carboxylic acids is 2. The molecule has 0 radical (unpaired) electrons. The molecule has 1 aliphatic heterocycles. The van der Waals surface area contributed by atoms with Gasteiger partial charge in [0, 0.05) is 38.0 Å². The van der Waals surface area contributed by atoms with Crippen molar-refractivity contribution in [1.82, 2.24) is 9.80 Å². The van der Waals surface area contributed by atoms with Crippen LogP contribution in [0.4, 0.5) is 0 Å². The van der Waals surface area contributed by atoms with Gasteiger partial charge in [-0.3, -0.25) is 9.59 Å². The summed E-state index contributed by atoms with van der Waals surface area (Å²) in [5, 5.41) is 2.08. The van der Waals surface area contributed by atoms with Crippen molar-refractivity contribution in [2.75, 3.05) is 27.2 Å². The van der Waals surface area contributed by atoms with Gasteiger partial charge in [-0.05, 0) is 41.8 Å². The van der Waals surface area contributed by atoms with Crippen LogP contribution in [0.25, 0.3) is 10.4 Å². The molecule has 1 aliphatic rings. The Labute approximate surface area is 172 Å². The second-order valence-electron chi connectivity index (χ2n) is 8.35. The molecule has 1 atom stereocenters. The number of benzene rings is 1. The lowest BCUT2D eigenvalue weighted by atomic mass is 9.73. The lowest BCUT2D eigenvalue weighted by Crippen LogP contribution is -2.54. The molecular weight excluding hydrogens is 368 g/mol. The Morgan fingerprint density at radius 3 is 2.64 bits per heavy atom. The SMILES string of the molecule is CC(C)C(=O)N1CCC[C@](Cc2cccc(-c3cccs3)c2)(C(=O)N(C)C)C1. The highest BCUT2D eigenvalue weighted by Gasteiger charge is 2.44. The van der Waals surface area contributed by atoms with Gasteiger partial charge in [0.25, 0.3) is 0 Å². The van der Waals surface area contributed by atoms with Crippen LogP contribution in [0.1, 0.15) is 32.3 Å². The molecule has 2 heterocycles. The first-order valence-corrected chi connectivity index (χ1v) is 10.8. The molecule has 1 fully saturated rings. The first kappa shape index (κ1) is 20.6. The van der Waals surface area contributed by atoms with Gasteiger partial charge < -0.3 is 9.80 Å². The Morgan fingerprint density at radius 1 is 1.21 bits per heavy atom. The van der Waals surface area contributed by atoms with Crippen LogP contribution in [0.2, 0.25) is 0 Å². The van der Waals surface area contributed by atoms with Crippen molar-refractivity contribution in [3.63, 3.8) is 0 Å². The van der Waals surface area contributed by atoms with E-state index in [-0.39, 0.29) is 17.7 Å². The van der Waals surface area contributed by atoms with Crippen molar-refractivity contribution in [2.45, 2.75) is 33.1 Å². The number of hydrogen-bond donors (Lipinski definition) is 0. The van der Waals surface area contributed by atoms with Crippen molar-refractivity contribution < 1.29 is 9.59 Å². The van der Waals surface area contributed by atoms with Gasteiger partial charge in [-0.25, -0.2) is 0 Å². The topological polar surface area (TPSA) is 40.6 Å². The third-order valence-electron chi connectivity index (χ3n) is 5.52. The molecule has 0 bridgehead atoms. The molecule has 0 spiro atoms. The van der Waals surface area contributed by atoms with E-state index in [1.807, 2.05) is 32.8 Å². The van der Waals surface area contributed by atoms with Crippen LogP contribution < -0.4 is 0 Å². The Morgan fingerprint density at radius 2 is 2.00 bits per heavy atom. The van der Waals surface area contributed by atoms with Crippen molar-refractivity contribution in [3.8, 4) is 10.4 Å². The van der Waals surface area contributed by atoms with Crippen LogP contribution in [0.3, 0.4) is 0 Å². The standard InChI is InChI=1S/C23H30N2O2S/c1-17(2)21(26)25-12-7-11-23(16-25,22(27)24(3)4)15-18-8-5-9-19(14-18)20-10-6-13-28-20/h5-6,8-10,13-14,17H,7,11-12,15-16H2,1-4H3/t23-/m1/s1. The van der Waals surface area contributed by atoms with Crippen molar-refractivity contribution in [1.29, 1.82) is 0 Å². The maximum atomic E-state index is 13.3. The predicted molar refractivity (Wildman–Crippen MR) is 115 cm³/mol. The summed E-state index contributed by atoms with van der Waals surface area (Å²) in [6.07, 6.45) is 2.34. The van der Waals surface area contributed by atoms with E-state index in [0.29, 0.717) is 13.0 Å². The molecule has 4 nitrogen and oxygen atoms in total. The second-order valence-corrected chi connectivity index (χ2v) is 9.30. The summed E-state index contributed by atoms with van der Waals surface area (Å²) in [6, 6.07) is 12.7.